The molecule has 2 N–H and O–H groups in total. The van der Waals surface area contributed by atoms with Crippen molar-refractivity contribution in [3.8, 4) is 0 Å². The van der Waals surface area contributed by atoms with Gasteiger partial charge in [0.15, 0.2) is 0 Å². The lowest BCUT2D eigenvalue weighted by Crippen LogP contribution is -2.48. The number of imide groups is 1. The summed E-state index contributed by atoms with van der Waals surface area (Å²) in [5, 5.41) is 6.84. The summed E-state index contributed by atoms with van der Waals surface area (Å²) in [5.41, 5.74) is 0.724. The summed E-state index contributed by atoms with van der Waals surface area (Å²) in [5.74, 6) is -0.0408. The molecule has 1 aromatic rings. The van der Waals surface area contributed by atoms with Crippen LogP contribution in [0, 0.1) is 12.8 Å². The molecule has 1 fully saturated rings. The molecule has 0 aromatic carbocycles. The van der Waals surface area contributed by atoms with Gasteiger partial charge in [-0.15, -0.1) is 0 Å². The number of nitrogens with one attached hydrogen (secondary N) is 2. The first-order chi connectivity index (χ1) is 9.97. The molecule has 0 bridgehead atoms. The second kappa shape index (κ2) is 6.89. The Morgan fingerprint density at radius 3 is 2.71 bits per heavy atom. The van der Waals surface area contributed by atoms with Crippen molar-refractivity contribution in [1.29, 1.82) is 0 Å². The van der Waals surface area contributed by atoms with Crippen LogP contribution in [0.3, 0.4) is 0 Å². The summed E-state index contributed by atoms with van der Waals surface area (Å²) >= 11 is 1.05. The van der Waals surface area contributed by atoms with Gasteiger partial charge in [-0.1, -0.05) is 31.1 Å². The molecule has 2 atom stereocenters. The van der Waals surface area contributed by atoms with Crippen LogP contribution >= 0.6 is 11.3 Å². The Balaban J connectivity index is 1.85. The predicted octanol–water partition coefficient (Wildman–Crippen LogP) is 1.62. The SMILES string of the molecule is Cc1csc(=O)n1CC(=O)NC(=O)NC1CCCCC1C. The molecule has 0 saturated heterocycles. The first kappa shape index (κ1) is 15.8. The standard InChI is InChI=1S/C14H21N3O3S/c1-9-5-3-4-6-11(9)15-13(19)16-12(18)7-17-10(2)8-21-14(17)20/h8-9,11H,3-7H2,1-2H3,(H2,15,16,18,19). The maximum atomic E-state index is 11.8. The number of hydrogen-bond donors (Lipinski definition) is 2. The van der Waals surface area contributed by atoms with Crippen LogP contribution in [0.4, 0.5) is 4.79 Å². The molecular formula is C14H21N3O3S. The summed E-state index contributed by atoms with van der Waals surface area (Å²) in [7, 11) is 0. The van der Waals surface area contributed by atoms with Crippen molar-refractivity contribution >= 4 is 23.3 Å². The molecule has 2 unspecified atom stereocenters. The fourth-order valence-electron chi connectivity index (χ4n) is 2.64. The highest BCUT2D eigenvalue weighted by Gasteiger charge is 2.23. The molecule has 0 aliphatic heterocycles. The van der Waals surface area contributed by atoms with E-state index in [1.807, 2.05) is 0 Å². The molecule has 0 radical (unpaired) electrons. The third-order valence-corrected chi connectivity index (χ3v) is 4.84. The van der Waals surface area contributed by atoms with Crippen molar-refractivity contribution in [1.82, 2.24) is 15.2 Å². The van der Waals surface area contributed by atoms with Crippen molar-refractivity contribution in [2.75, 3.05) is 0 Å². The Morgan fingerprint density at radius 2 is 2.10 bits per heavy atom. The highest BCUT2D eigenvalue weighted by molar-refractivity contribution is 7.07. The van der Waals surface area contributed by atoms with E-state index in [9.17, 15) is 14.4 Å². The second-order valence-electron chi connectivity index (χ2n) is 5.62. The number of nitrogens with zero attached hydrogens (tertiary/aromatic N) is 1. The fraction of sp³-hybridized carbons (Fsp3) is 0.643. The van der Waals surface area contributed by atoms with Crippen LogP contribution < -0.4 is 15.5 Å². The molecule has 7 heteroatoms. The Kier molecular flexibility index (Phi) is 5.17. The van der Waals surface area contributed by atoms with Gasteiger partial charge in [-0.2, -0.15) is 0 Å². The van der Waals surface area contributed by atoms with E-state index in [-0.39, 0.29) is 17.5 Å². The average molecular weight is 311 g/mol. The van der Waals surface area contributed by atoms with Gasteiger partial charge >= 0.3 is 10.9 Å². The molecule has 0 spiro atoms. The molecule has 3 amide bonds. The molecule has 21 heavy (non-hydrogen) atoms. The lowest BCUT2D eigenvalue weighted by Gasteiger charge is -2.29. The van der Waals surface area contributed by atoms with Gasteiger partial charge in [0.2, 0.25) is 5.91 Å². The minimum atomic E-state index is -0.473. The Hall–Kier alpha value is -1.63. The monoisotopic (exact) mass is 311 g/mol. The third-order valence-electron chi connectivity index (χ3n) is 3.96. The van der Waals surface area contributed by atoms with Gasteiger partial charge in [-0.3, -0.25) is 19.5 Å². The van der Waals surface area contributed by atoms with Crippen LogP contribution in [0.2, 0.25) is 0 Å². The van der Waals surface area contributed by atoms with Crippen molar-refractivity contribution < 1.29 is 9.59 Å². The van der Waals surface area contributed by atoms with E-state index >= 15 is 0 Å². The topological polar surface area (TPSA) is 80.2 Å². The minimum absolute atomic E-state index is 0.122. The molecule has 6 nitrogen and oxygen atoms in total. The Bertz CT molecular complexity index is 578. The summed E-state index contributed by atoms with van der Waals surface area (Å²) in [6, 6.07) is -0.350. The number of amides is 3. The molecule has 1 aromatic heterocycles. The van der Waals surface area contributed by atoms with Gasteiger partial charge in [0.25, 0.3) is 0 Å². The van der Waals surface area contributed by atoms with Gasteiger partial charge in [0.1, 0.15) is 6.54 Å². The first-order valence-corrected chi connectivity index (χ1v) is 8.10. The molecular weight excluding hydrogens is 290 g/mol. The smallest absolute Gasteiger partial charge is 0.321 e. The lowest BCUT2D eigenvalue weighted by molar-refractivity contribution is -0.120. The number of hydrogen-bond acceptors (Lipinski definition) is 4. The molecule has 1 heterocycles. The average Bonchev–Trinajstić information content (AvgIpc) is 2.73. The van der Waals surface area contributed by atoms with E-state index in [1.54, 1.807) is 12.3 Å². The van der Waals surface area contributed by atoms with E-state index in [0.717, 1.165) is 36.3 Å². The number of carbonyl (C=O) groups is 2. The van der Waals surface area contributed by atoms with Crippen molar-refractivity contribution in [2.24, 2.45) is 5.92 Å². The number of aryl methyl sites for hydroxylation is 1. The normalized spacial score (nSPS) is 21.8. The summed E-state index contributed by atoms with van der Waals surface area (Å²) in [4.78, 5) is 35.0. The summed E-state index contributed by atoms with van der Waals surface area (Å²) in [6.45, 7) is 3.75. The van der Waals surface area contributed by atoms with Crippen LogP contribution in [-0.2, 0) is 11.3 Å². The zero-order valence-corrected chi connectivity index (χ0v) is 13.2. The van der Waals surface area contributed by atoms with Crippen molar-refractivity contribution in [3.63, 3.8) is 0 Å². The molecule has 1 saturated carbocycles. The van der Waals surface area contributed by atoms with Crippen LogP contribution in [-0.4, -0.2) is 22.5 Å². The third kappa shape index (κ3) is 4.17. The van der Waals surface area contributed by atoms with Gasteiger partial charge in [-0.05, 0) is 25.7 Å². The Morgan fingerprint density at radius 1 is 1.38 bits per heavy atom. The summed E-state index contributed by atoms with van der Waals surface area (Å²) < 4.78 is 1.36. The highest BCUT2D eigenvalue weighted by Crippen LogP contribution is 2.23. The van der Waals surface area contributed by atoms with E-state index in [4.69, 9.17) is 0 Å². The van der Waals surface area contributed by atoms with E-state index < -0.39 is 11.9 Å². The maximum Gasteiger partial charge on any atom is 0.321 e. The zero-order chi connectivity index (χ0) is 15.4. The van der Waals surface area contributed by atoms with Gasteiger partial charge in [0.05, 0.1) is 0 Å². The van der Waals surface area contributed by atoms with Crippen LogP contribution in [0.15, 0.2) is 10.2 Å². The second-order valence-corrected chi connectivity index (χ2v) is 6.44. The predicted molar refractivity (Wildman–Crippen MR) is 81.4 cm³/mol. The van der Waals surface area contributed by atoms with Crippen molar-refractivity contribution in [3.05, 3.63) is 20.7 Å². The molecule has 116 valence electrons. The van der Waals surface area contributed by atoms with Crippen LogP contribution in [0.1, 0.15) is 38.3 Å². The van der Waals surface area contributed by atoms with Gasteiger partial charge in [0, 0.05) is 17.1 Å². The quantitative estimate of drug-likeness (QED) is 0.890. The number of aromatic nitrogens is 1. The number of urea groups is 1. The zero-order valence-electron chi connectivity index (χ0n) is 12.3. The largest absolute Gasteiger partial charge is 0.335 e. The van der Waals surface area contributed by atoms with Crippen LogP contribution in [0.5, 0.6) is 0 Å². The van der Waals surface area contributed by atoms with Gasteiger partial charge in [-0.25, -0.2) is 4.79 Å². The lowest BCUT2D eigenvalue weighted by atomic mass is 9.86. The maximum absolute atomic E-state index is 11.8. The first-order valence-electron chi connectivity index (χ1n) is 7.22. The number of thiazole rings is 1. The van der Waals surface area contributed by atoms with E-state index in [1.165, 1.54) is 11.0 Å². The molecule has 2 rings (SSSR count). The Labute approximate surface area is 127 Å². The van der Waals surface area contributed by atoms with Crippen LogP contribution in [0.25, 0.3) is 0 Å². The van der Waals surface area contributed by atoms with Gasteiger partial charge < -0.3 is 5.32 Å². The van der Waals surface area contributed by atoms with E-state index in [2.05, 4.69) is 17.6 Å². The van der Waals surface area contributed by atoms with Crippen molar-refractivity contribution in [2.45, 2.75) is 52.1 Å². The fourth-order valence-corrected chi connectivity index (χ4v) is 3.38. The molecule has 1 aliphatic carbocycles. The number of rotatable bonds is 3. The number of carbonyl (C=O) groups excluding carboxylic acids is 2. The minimum Gasteiger partial charge on any atom is -0.335 e. The highest BCUT2D eigenvalue weighted by atomic mass is 32.1. The molecule has 1 aliphatic rings. The van der Waals surface area contributed by atoms with E-state index in [0.29, 0.717) is 5.92 Å². The summed E-state index contributed by atoms with van der Waals surface area (Å²) in [6.07, 6.45) is 4.35.